The Morgan fingerprint density at radius 1 is 1.00 bits per heavy atom. The van der Waals surface area contributed by atoms with E-state index in [0.29, 0.717) is 17.7 Å². The van der Waals surface area contributed by atoms with Gasteiger partial charge in [0.05, 0.1) is 6.04 Å². The molecule has 0 amide bonds. The fourth-order valence-corrected chi connectivity index (χ4v) is 4.25. The topological polar surface area (TPSA) is 29.1 Å². The summed E-state index contributed by atoms with van der Waals surface area (Å²) in [6.07, 6.45) is 1.24. The van der Waals surface area contributed by atoms with Crippen LogP contribution in [-0.4, -0.2) is 17.9 Å². The van der Waals surface area contributed by atoms with Crippen LogP contribution in [0.2, 0.25) is 0 Å². The molecule has 2 rings (SSSR count). The molecule has 2 nitrogen and oxygen atoms in total. The van der Waals surface area contributed by atoms with Crippen LogP contribution in [-0.2, 0) is 4.79 Å². The van der Waals surface area contributed by atoms with Gasteiger partial charge < -0.3 is 5.32 Å². The number of carbonyl (C=O) groups excluding carboxylic acids is 1. The van der Waals surface area contributed by atoms with Gasteiger partial charge in [-0.1, -0.05) is 48.5 Å². The van der Waals surface area contributed by atoms with Crippen LogP contribution < -0.4 is 5.32 Å². The molecule has 2 aliphatic rings. The van der Waals surface area contributed by atoms with Crippen molar-refractivity contribution in [2.75, 3.05) is 0 Å². The molecular weight excluding hydrogens is 246 g/mol. The van der Waals surface area contributed by atoms with Gasteiger partial charge in [0.25, 0.3) is 0 Å². The maximum Gasteiger partial charge on any atom is 0.152 e. The highest BCUT2D eigenvalue weighted by molar-refractivity contribution is 5.86. The van der Waals surface area contributed by atoms with Crippen LogP contribution in [0.1, 0.15) is 54.9 Å². The number of hydrogen-bond acceptors (Lipinski definition) is 2. The summed E-state index contributed by atoms with van der Waals surface area (Å²) in [4.78, 5) is 12.4. The highest BCUT2D eigenvalue weighted by Crippen LogP contribution is 2.76. The van der Waals surface area contributed by atoms with Crippen molar-refractivity contribution in [2.45, 2.75) is 67.0 Å². The second-order valence-electron chi connectivity index (χ2n) is 8.21. The molecule has 4 atom stereocenters. The number of ketones is 1. The van der Waals surface area contributed by atoms with Gasteiger partial charge in [-0.2, -0.15) is 0 Å². The van der Waals surface area contributed by atoms with Crippen molar-refractivity contribution in [1.82, 2.24) is 5.32 Å². The monoisotopic (exact) mass is 279 g/mol. The quantitative estimate of drug-likeness (QED) is 0.733. The van der Waals surface area contributed by atoms with Crippen molar-refractivity contribution < 1.29 is 4.79 Å². The molecule has 0 heterocycles. The Kier molecular flexibility index (Phi) is 4.63. The zero-order valence-corrected chi connectivity index (χ0v) is 14.3. The molecule has 0 aromatic heterocycles. The Morgan fingerprint density at radius 3 is 1.95 bits per heavy atom. The number of Topliss-reactive ketones (excluding diaryl/α,β-unsaturated/α-hetero) is 1. The molecule has 0 bridgehead atoms. The molecule has 2 saturated carbocycles. The van der Waals surface area contributed by atoms with E-state index in [2.05, 4.69) is 39.9 Å². The zero-order chi connectivity index (χ0) is 15.2. The summed E-state index contributed by atoms with van der Waals surface area (Å²) in [6.45, 7) is 15.3. The van der Waals surface area contributed by atoms with Crippen molar-refractivity contribution in [3.05, 3.63) is 0 Å². The fraction of sp³-hybridized carbons (Fsp3) is 0.944. The van der Waals surface area contributed by atoms with E-state index >= 15 is 0 Å². The van der Waals surface area contributed by atoms with Gasteiger partial charge in [-0.15, -0.1) is 0 Å². The average molecular weight is 279 g/mol. The smallest absolute Gasteiger partial charge is 0.152 e. The number of carbonyl (C=O) groups is 1. The predicted octanol–water partition coefficient (Wildman–Crippen LogP) is 3.75. The minimum absolute atomic E-state index is 0.0486. The first-order valence-electron chi connectivity index (χ1n) is 8.55. The number of nitrogens with one attached hydrogen (secondary N) is 1. The fourth-order valence-electron chi connectivity index (χ4n) is 4.25. The third kappa shape index (κ3) is 3.10. The van der Waals surface area contributed by atoms with Gasteiger partial charge in [0.1, 0.15) is 0 Å². The van der Waals surface area contributed by atoms with E-state index in [9.17, 15) is 4.79 Å². The predicted molar refractivity (Wildman–Crippen MR) is 84.5 cm³/mol. The Balaban J connectivity index is 1.85. The van der Waals surface area contributed by atoms with Gasteiger partial charge in [-0.3, -0.25) is 4.79 Å². The normalized spacial score (nSPS) is 34.3. The molecule has 2 heteroatoms. The van der Waals surface area contributed by atoms with Gasteiger partial charge in [-0.05, 0) is 41.9 Å². The molecular formula is C18H33NO. The van der Waals surface area contributed by atoms with Crippen LogP contribution in [0.15, 0.2) is 0 Å². The minimum Gasteiger partial charge on any atom is -0.305 e. The molecule has 1 N–H and O–H groups in total. The van der Waals surface area contributed by atoms with Crippen LogP contribution in [0, 0.1) is 41.4 Å². The molecule has 20 heavy (non-hydrogen) atoms. The van der Waals surface area contributed by atoms with Crippen molar-refractivity contribution in [3.8, 4) is 0 Å². The van der Waals surface area contributed by atoms with E-state index in [1.54, 1.807) is 0 Å². The Morgan fingerprint density at radius 2 is 1.55 bits per heavy atom. The Hall–Kier alpha value is -0.370. The standard InChI is InChI=1S/C18H33NO/c1-9(2)14-15-13(16(14)15)8-12(7)17(19-11(5)6)18(20)10(3)4/h9-17,19H,8H2,1-7H3. The van der Waals surface area contributed by atoms with E-state index in [1.165, 1.54) is 6.42 Å². The minimum atomic E-state index is 0.0486. The van der Waals surface area contributed by atoms with E-state index in [1.807, 2.05) is 13.8 Å². The van der Waals surface area contributed by atoms with Gasteiger partial charge in [0.2, 0.25) is 0 Å². The average Bonchev–Trinajstić information content (AvgIpc) is 3.20. The number of fused-ring (bicyclic) bond motifs is 1. The molecule has 0 spiro atoms. The lowest BCUT2D eigenvalue weighted by atomic mass is 9.83. The summed E-state index contributed by atoms with van der Waals surface area (Å²) in [5.41, 5.74) is 0. The Bertz CT molecular complexity index is 350. The molecule has 0 aromatic carbocycles. The van der Waals surface area contributed by atoms with Gasteiger partial charge >= 0.3 is 0 Å². The largest absolute Gasteiger partial charge is 0.305 e. The summed E-state index contributed by atoms with van der Waals surface area (Å²) >= 11 is 0. The summed E-state index contributed by atoms with van der Waals surface area (Å²) in [5, 5.41) is 3.51. The SMILES string of the molecule is CC(C)NC(C(=O)C(C)C)C(C)CC1C2C(C(C)C)C12. The number of rotatable bonds is 8. The first-order chi connectivity index (χ1) is 9.25. The lowest BCUT2D eigenvalue weighted by molar-refractivity contribution is -0.125. The second kappa shape index (κ2) is 5.79. The molecule has 0 saturated heterocycles. The summed E-state index contributed by atoms with van der Waals surface area (Å²) in [7, 11) is 0. The summed E-state index contributed by atoms with van der Waals surface area (Å²) in [5.74, 6) is 5.79. The van der Waals surface area contributed by atoms with Crippen molar-refractivity contribution in [3.63, 3.8) is 0 Å². The zero-order valence-electron chi connectivity index (χ0n) is 14.3. The third-order valence-corrected chi connectivity index (χ3v) is 5.41. The van der Waals surface area contributed by atoms with Crippen molar-refractivity contribution >= 4 is 5.78 Å². The van der Waals surface area contributed by atoms with Crippen molar-refractivity contribution in [1.29, 1.82) is 0 Å². The lowest BCUT2D eigenvalue weighted by Gasteiger charge is -2.29. The van der Waals surface area contributed by atoms with Gasteiger partial charge in [-0.25, -0.2) is 0 Å². The van der Waals surface area contributed by atoms with E-state index < -0.39 is 0 Å². The highest BCUT2D eigenvalue weighted by atomic mass is 16.1. The summed E-state index contributed by atoms with van der Waals surface area (Å²) < 4.78 is 0. The van der Waals surface area contributed by atoms with E-state index in [-0.39, 0.29) is 12.0 Å². The van der Waals surface area contributed by atoms with E-state index in [0.717, 1.165) is 29.6 Å². The van der Waals surface area contributed by atoms with Crippen molar-refractivity contribution in [2.24, 2.45) is 41.4 Å². The molecule has 2 aliphatic carbocycles. The Labute approximate surface area is 125 Å². The van der Waals surface area contributed by atoms with Crippen LogP contribution in [0.4, 0.5) is 0 Å². The van der Waals surface area contributed by atoms with Crippen LogP contribution in [0.5, 0.6) is 0 Å². The molecule has 2 fully saturated rings. The number of hydrogen-bond donors (Lipinski definition) is 1. The highest BCUT2D eigenvalue weighted by Gasteiger charge is 2.72. The maximum atomic E-state index is 12.4. The molecule has 116 valence electrons. The van der Waals surface area contributed by atoms with Gasteiger partial charge in [0.15, 0.2) is 5.78 Å². The molecule has 4 unspecified atom stereocenters. The lowest BCUT2D eigenvalue weighted by Crippen LogP contribution is -2.47. The molecule has 0 radical (unpaired) electrons. The molecule has 0 aromatic rings. The first-order valence-corrected chi connectivity index (χ1v) is 8.55. The third-order valence-electron chi connectivity index (χ3n) is 5.41. The second-order valence-corrected chi connectivity index (χ2v) is 8.21. The van der Waals surface area contributed by atoms with Crippen LogP contribution >= 0.6 is 0 Å². The first kappa shape index (κ1) is 16.0. The summed E-state index contributed by atoms with van der Waals surface area (Å²) in [6, 6.07) is 0.426. The molecule has 0 aliphatic heterocycles. The van der Waals surface area contributed by atoms with Crippen LogP contribution in [0.3, 0.4) is 0 Å². The van der Waals surface area contributed by atoms with E-state index in [4.69, 9.17) is 0 Å². The maximum absolute atomic E-state index is 12.4. The van der Waals surface area contributed by atoms with Gasteiger partial charge in [0, 0.05) is 12.0 Å². The van der Waals surface area contributed by atoms with Crippen LogP contribution in [0.25, 0.3) is 0 Å².